The van der Waals surface area contributed by atoms with Gasteiger partial charge in [-0.15, -0.1) is 0 Å². The van der Waals surface area contributed by atoms with Crippen molar-refractivity contribution in [3.8, 4) is 5.75 Å². The molecule has 1 atom stereocenters. The number of rotatable bonds is 5. The number of likely N-dealkylation sites (tertiary alicyclic amines) is 1. The van der Waals surface area contributed by atoms with E-state index in [1.165, 1.54) is 18.2 Å². The molecule has 1 heterocycles. The lowest BCUT2D eigenvalue weighted by molar-refractivity contribution is -0.132. The maximum Gasteiger partial charge on any atom is 0.321 e. The summed E-state index contributed by atoms with van der Waals surface area (Å²) >= 11 is 5.77. The molecule has 1 fully saturated rings. The van der Waals surface area contributed by atoms with Crippen LogP contribution in [0.5, 0.6) is 5.75 Å². The first kappa shape index (κ1) is 21.9. The number of benzene rings is 2. The number of amides is 3. The number of nitrogens with one attached hydrogen (secondary N) is 2. The number of hydrogen-bond acceptors (Lipinski definition) is 3. The van der Waals surface area contributed by atoms with E-state index in [0.717, 1.165) is 11.3 Å². The molecule has 2 aromatic rings. The van der Waals surface area contributed by atoms with Gasteiger partial charge in [-0.05, 0) is 55.7 Å². The van der Waals surface area contributed by atoms with Gasteiger partial charge in [-0.2, -0.15) is 0 Å². The average Bonchev–Trinajstić information content (AvgIpc) is 2.74. The second-order valence-corrected chi connectivity index (χ2v) is 8.09. The van der Waals surface area contributed by atoms with E-state index in [1.54, 1.807) is 12.0 Å². The second kappa shape index (κ2) is 9.34. The number of urea groups is 1. The molecule has 0 bridgehead atoms. The molecule has 1 aliphatic rings. The lowest BCUT2D eigenvalue weighted by Gasteiger charge is -2.39. The van der Waals surface area contributed by atoms with Crippen LogP contribution in [0.15, 0.2) is 42.5 Å². The van der Waals surface area contributed by atoms with Crippen LogP contribution in [0.1, 0.15) is 25.3 Å². The van der Waals surface area contributed by atoms with Crippen LogP contribution in [0.3, 0.4) is 0 Å². The maximum absolute atomic E-state index is 13.3. The maximum atomic E-state index is 13.3. The highest BCUT2D eigenvalue weighted by Crippen LogP contribution is 2.30. The Labute approximate surface area is 180 Å². The molecule has 30 heavy (non-hydrogen) atoms. The van der Waals surface area contributed by atoms with E-state index in [-0.39, 0.29) is 23.5 Å². The number of hydrogen-bond donors (Lipinski definition) is 2. The van der Waals surface area contributed by atoms with Crippen molar-refractivity contribution in [2.24, 2.45) is 5.41 Å². The SMILES string of the molecule is COc1cccc(CNC(=O)[C@]2(C)CCCN(C(=O)Nc3ccc(F)c(Cl)c3)C2)c1. The van der Waals surface area contributed by atoms with E-state index in [4.69, 9.17) is 16.3 Å². The van der Waals surface area contributed by atoms with E-state index in [0.29, 0.717) is 31.6 Å². The smallest absolute Gasteiger partial charge is 0.321 e. The third-order valence-corrected chi connectivity index (χ3v) is 5.58. The highest BCUT2D eigenvalue weighted by atomic mass is 35.5. The number of carbonyl (C=O) groups is 2. The van der Waals surface area contributed by atoms with Gasteiger partial charge < -0.3 is 20.3 Å². The van der Waals surface area contributed by atoms with Gasteiger partial charge in [0, 0.05) is 25.3 Å². The Hall–Kier alpha value is -2.80. The van der Waals surface area contributed by atoms with Crippen molar-refractivity contribution < 1.29 is 18.7 Å². The predicted octanol–water partition coefficient (Wildman–Crippen LogP) is 4.44. The molecule has 2 aromatic carbocycles. The standard InChI is InChI=1S/C22H25ClFN3O3/c1-22(20(28)25-13-15-5-3-6-17(11-15)30-2)9-4-10-27(14-22)21(29)26-16-7-8-19(24)18(23)12-16/h3,5-8,11-12H,4,9-10,13-14H2,1-2H3,(H,25,28)(H,26,29)/t22-/m1/s1. The molecule has 160 valence electrons. The summed E-state index contributed by atoms with van der Waals surface area (Å²) in [5.74, 6) is 0.0786. The molecule has 1 saturated heterocycles. The van der Waals surface area contributed by atoms with E-state index in [2.05, 4.69) is 10.6 Å². The van der Waals surface area contributed by atoms with Crippen molar-refractivity contribution in [1.29, 1.82) is 0 Å². The molecule has 0 radical (unpaired) electrons. The molecule has 0 aromatic heterocycles. The Morgan fingerprint density at radius 1 is 1.27 bits per heavy atom. The van der Waals surface area contributed by atoms with Crippen molar-refractivity contribution in [3.05, 3.63) is 58.9 Å². The van der Waals surface area contributed by atoms with Crippen LogP contribution in [0.25, 0.3) is 0 Å². The molecule has 0 spiro atoms. The Balaban J connectivity index is 1.60. The fourth-order valence-electron chi connectivity index (χ4n) is 3.55. The fraction of sp³-hybridized carbons (Fsp3) is 0.364. The molecule has 1 aliphatic heterocycles. The Morgan fingerprint density at radius 2 is 2.07 bits per heavy atom. The van der Waals surface area contributed by atoms with Gasteiger partial charge in [0.25, 0.3) is 0 Å². The van der Waals surface area contributed by atoms with Crippen LogP contribution >= 0.6 is 11.6 Å². The summed E-state index contributed by atoms with van der Waals surface area (Å²) in [5, 5.41) is 5.63. The summed E-state index contributed by atoms with van der Waals surface area (Å²) in [6.07, 6.45) is 1.39. The van der Waals surface area contributed by atoms with E-state index in [9.17, 15) is 14.0 Å². The van der Waals surface area contributed by atoms with E-state index >= 15 is 0 Å². The number of ether oxygens (including phenoxy) is 1. The van der Waals surface area contributed by atoms with Gasteiger partial charge in [0.1, 0.15) is 11.6 Å². The summed E-state index contributed by atoms with van der Waals surface area (Å²) in [6.45, 7) is 3.07. The topological polar surface area (TPSA) is 70.7 Å². The van der Waals surface area contributed by atoms with Crippen LogP contribution in [-0.4, -0.2) is 37.0 Å². The zero-order chi connectivity index (χ0) is 21.7. The van der Waals surface area contributed by atoms with Gasteiger partial charge >= 0.3 is 6.03 Å². The summed E-state index contributed by atoms with van der Waals surface area (Å²) in [6, 6.07) is 11.2. The minimum absolute atomic E-state index is 0.0618. The van der Waals surface area contributed by atoms with Crippen molar-refractivity contribution in [2.75, 3.05) is 25.5 Å². The molecule has 8 heteroatoms. The minimum atomic E-state index is -0.700. The van der Waals surface area contributed by atoms with Crippen LogP contribution in [-0.2, 0) is 11.3 Å². The highest BCUT2D eigenvalue weighted by molar-refractivity contribution is 6.31. The predicted molar refractivity (Wildman–Crippen MR) is 114 cm³/mol. The van der Waals surface area contributed by atoms with Crippen LogP contribution in [0.4, 0.5) is 14.9 Å². The molecule has 0 aliphatic carbocycles. The van der Waals surface area contributed by atoms with E-state index in [1.807, 2.05) is 31.2 Å². The Bertz CT molecular complexity index is 940. The number of methoxy groups -OCH3 is 1. The van der Waals surface area contributed by atoms with Crippen LogP contribution < -0.4 is 15.4 Å². The van der Waals surface area contributed by atoms with Crippen molar-refractivity contribution in [3.63, 3.8) is 0 Å². The third-order valence-electron chi connectivity index (χ3n) is 5.29. The first-order chi connectivity index (χ1) is 14.3. The molecule has 3 rings (SSSR count). The average molecular weight is 434 g/mol. The normalized spacial score (nSPS) is 18.6. The number of carbonyl (C=O) groups excluding carboxylic acids is 2. The zero-order valence-corrected chi connectivity index (χ0v) is 17.8. The molecule has 0 saturated carbocycles. The number of halogens is 2. The second-order valence-electron chi connectivity index (χ2n) is 7.68. The van der Waals surface area contributed by atoms with Crippen molar-refractivity contribution in [2.45, 2.75) is 26.3 Å². The van der Waals surface area contributed by atoms with Crippen molar-refractivity contribution in [1.82, 2.24) is 10.2 Å². The van der Waals surface area contributed by atoms with Gasteiger partial charge in [0.2, 0.25) is 5.91 Å². The monoisotopic (exact) mass is 433 g/mol. The zero-order valence-electron chi connectivity index (χ0n) is 17.0. The lowest BCUT2D eigenvalue weighted by Crippen LogP contribution is -2.52. The first-order valence-corrected chi connectivity index (χ1v) is 10.1. The van der Waals surface area contributed by atoms with Gasteiger partial charge in [-0.1, -0.05) is 23.7 Å². The summed E-state index contributed by atoms with van der Waals surface area (Å²) < 4.78 is 18.5. The van der Waals surface area contributed by atoms with Gasteiger partial charge in [-0.3, -0.25) is 4.79 Å². The number of anilines is 1. The molecule has 3 amide bonds. The number of nitrogens with zero attached hydrogens (tertiary/aromatic N) is 1. The summed E-state index contributed by atoms with van der Waals surface area (Å²) in [7, 11) is 1.60. The lowest BCUT2D eigenvalue weighted by atomic mass is 9.81. The fourth-order valence-corrected chi connectivity index (χ4v) is 3.73. The quantitative estimate of drug-likeness (QED) is 0.732. The number of piperidine rings is 1. The van der Waals surface area contributed by atoms with Crippen molar-refractivity contribution >= 4 is 29.2 Å². The molecular weight excluding hydrogens is 409 g/mol. The molecule has 6 nitrogen and oxygen atoms in total. The molecule has 0 unspecified atom stereocenters. The summed E-state index contributed by atoms with van der Waals surface area (Å²) in [5.41, 5.74) is 0.639. The first-order valence-electron chi connectivity index (χ1n) is 9.73. The Kier molecular flexibility index (Phi) is 6.82. The highest BCUT2D eigenvalue weighted by Gasteiger charge is 2.39. The Morgan fingerprint density at radius 3 is 2.80 bits per heavy atom. The van der Waals surface area contributed by atoms with Crippen LogP contribution in [0.2, 0.25) is 5.02 Å². The molecular formula is C22H25ClFN3O3. The minimum Gasteiger partial charge on any atom is -0.497 e. The van der Waals surface area contributed by atoms with Gasteiger partial charge in [0.15, 0.2) is 0 Å². The van der Waals surface area contributed by atoms with Gasteiger partial charge in [-0.25, -0.2) is 9.18 Å². The largest absolute Gasteiger partial charge is 0.497 e. The molecule has 2 N–H and O–H groups in total. The third kappa shape index (κ3) is 5.21. The van der Waals surface area contributed by atoms with E-state index < -0.39 is 11.2 Å². The summed E-state index contributed by atoms with van der Waals surface area (Å²) in [4.78, 5) is 27.2. The van der Waals surface area contributed by atoms with Crippen LogP contribution in [0, 0.1) is 11.2 Å². The van der Waals surface area contributed by atoms with Gasteiger partial charge in [0.05, 0.1) is 17.5 Å².